The molecule has 1 heterocycles. The molecule has 52 valence electrons. The third-order valence-electron chi connectivity index (χ3n) is 1.64. The molecule has 1 aliphatic rings. The van der Waals surface area contributed by atoms with Crippen LogP contribution in [-0.2, 0) is 4.79 Å². The molecule has 0 saturated carbocycles. The van der Waals surface area contributed by atoms with E-state index in [-0.39, 0.29) is 0 Å². The van der Waals surface area contributed by atoms with Gasteiger partial charge in [0.2, 0.25) is 0 Å². The summed E-state index contributed by atoms with van der Waals surface area (Å²) in [6, 6.07) is 0.780. The molecule has 1 aliphatic heterocycles. The molecule has 0 aromatic heterocycles. The van der Waals surface area contributed by atoms with Gasteiger partial charge in [-0.3, -0.25) is 4.79 Å². The van der Waals surface area contributed by atoms with Gasteiger partial charge in [-0.15, -0.1) is 0 Å². The third-order valence-corrected chi connectivity index (χ3v) is 1.64. The van der Waals surface area contributed by atoms with Crippen molar-refractivity contribution in [3.05, 3.63) is 0 Å². The van der Waals surface area contributed by atoms with E-state index in [0.717, 1.165) is 0 Å². The molecule has 1 rings (SSSR count). The molecule has 0 aromatic carbocycles. The summed E-state index contributed by atoms with van der Waals surface area (Å²) in [6.07, 6.45) is 1.43. The van der Waals surface area contributed by atoms with Crippen LogP contribution >= 0.6 is 0 Å². The van der Waals surface area contributed by atoms with Gasteiger partial charge in [-0.1, -0.05) is 0 Å². The maximum atomic E-state index is 10.8. The molecule has 1 saturated heterocycles. The van der Waals surface area contributed by atoms with Crippen LogP contribution in [-0.4, -0.2) is 17.9 Å². The Morgan fingerprint density at radius 3 is 2.11 bits per heavy atom. The van der Waals surface area contributed by atoms with E-state index in [0.29, 0.717) is 30.7 Å². The van der Waals surface area contributed by atoms with Crippen molar-refractivity contribution >= 4 is 5.78 Å². The van der Waals surface area contributed by atoms with Gasteiger partial charge in [-0.2, -0.15) is 0 Å². The molecule has 2 atom stereocenters. The molecular weight excluding hydrogens is 114 g/mol. The molecule has 0 radical (unpaired) electrons. The summed E-state index contributed by atoms with van der Waals surface area (Å²) in [5.74, 6) is 0.397. The predicted molar refractivity (Wildman–Crippen MR) is 36.3 cm³/mol. The normalized spacial score (nSPS) is 36.9. The quantitative estimate of drug-likeness (QED) is 0.519. The van der Waals surface area contributed by atoms with Crippen LogP contribution in [0.15, 0.2) is 0 Å². The van der Waals surface area contributed by atoms with Gasteiger partial charge in [0.25, 0.3) is 0 Å². The Morgan fingerprint density at radius 1 is 1.33 bits per heavy atom. The van der Waals surface area contributed by atoms with Crippen LogP contribution < -0.4 is 5.32 Å². The lowest BCUT2D eigenvalue weighted by Crippen LogP contribution is -2.42. The maximum absolute atomic E-state index is 10.8. The van der Waals surface area contributed by atoms with Gasteiger partial charge >= 0.3 is 0 Å². The summed E-state index contributed by atoms with van der Waals surface area (Å²) in [4.78, 5) is 10.8. The van der Waals surface area contributed by atoms with Crippen LogP contribution in [0.25, 0.3) is 0 Å². The fraction of sp³-hybridized carbons (Fsp3) is 0.857. The number of hydrogen-bond donors (Lipinski definition) is 1. The van der Waals surface area contributed by atoms with E-state index >= 15 is 0 Å². The highest BCUT2D eigenvalue weighted by atomic mass is 16.1. The van der Waals surface area contributed by atoms with E-state index in [4.69, 9.17) is 0 Å². The van der Waals surface area contributed by atoms with E-state index in [2.05, 4.69) is 5.32 Å². The van der Waals surface area contributed by atoms with Crippen LogP contribution in [0.1, 0.15) is 26.7 Å². The van der Waals surface area contributed by atoms with Crippen molar-refractivity contribution in [2.24, 2.45) is 0 Å². The highest BCUT2D eigenvalue weighted by molar-refractivity contribution is 5.80. The number of nitrogens with one attached hydrogen (secondary N) is 1. The molecule has 0 aliphatic carbocycles. The minimum Gasteiger partial charge on any atom is -0.311 e. The minimum atomic E-state index is 0.390. The first-order valence-corrected chi connectivity index (χ1v) is 3.46. The zero-order valence-corrected chi connectivity index (χ0v) is 5.98. The third kappa shape index (κ3) is 1.79. The minimum absolute atomic E-state index is 0.390. The number of carbonyl (C=O) groups is 1. The summed E-state index contributed by atoms with van der Waals surface area (Å²) < 4.78 is 0. The topological polar surface area (TPSA) is 29.1 Å². The molecule has 2 nitrogen and oxygen atoms in total. The summed E-state index contributed by atoms with van der Waals surface area (Å²) in [5, 5.41) is 3.29. The maximum Gasteiger partial charge on any atom is 0.135 e. The lowest BCUT2D eigenvalue weighted by Gasteiger charge is -2.24. The predicted octanol–water partition coefficient (Wildman–Crippen LogP) is 0.716. The van der Waals surface area contributed by atoms with Gasteiger partial charge < -0.3 is 5.32 Å². The fourth-order valence-corrected chi connectivity index (χ4v) is 1.37. The summed E-state index contributed by atoms with van der Waals surface area (Å²) in [5.41, 5.74) is 0. The highest BCUT2D eigenvalue weighted by Gasteiger charge is 2.19. The molecule has 9 heavy (non-hydrogen) atoms. The lowest BCUT2D eigenvalue weighted by atomic mass is 10.00. The van der Waals surface area contributed by atoms with Crippen LogP contribution in [0.5, 0.6) is 0 Å². The Bertz CT molecular complexity index is 110. The monoisotopic (exact) mass is 127 g/mol. The van der Waals surface area contributed by atoms with Crippen LogP contribution in [0.4, 0.5) is 0 Å². The molecule has 0 aromatic rings. The molecule has 1 N–H and O–H groups in total. The lowest BCUT2D eigenvalue weighted by molar-refractivity contribution is -0.121. The van der Waals surface area contributed by atoms with Gasteiger partial charge in [0.15, 0.2) is 0 Å². The molecular formula is C7H13NO. The van der Waals surface area contributed by atoms with Gasteiger partial charge in [0.1, 0.15) is 5.78 Å². The average molecular weight is 127 g/mol. The van der Waals surface area contributed by atoms with Crippen molar-refractivity contribution in [1.29, 1.82) is 0 Å². The standard InChI is InChI=1S/C7H13NO/c1-5-3-7(9)4-6(2)8-5/h5-6,8H,3-4H2,1-2H3/t5-,6-/m1/s1. The van der Waals surface area contributed by atoms with Crippen LogP contribution in [0.3, 0.4) is 0 Å². The Kier molecular flexibility index (Phi) is 1.86. The number of ketones is 1. The number of carbonyl (C=O) groups excluding carboxylic acids is 1. The Morgan fingerprint density at radius 2 is 1.78 bits per heavy atom. The van der Waals surface area contributed by atoms with E-state index < -0.39 is 0 Å². The summed E-state index contributed by atoms with van der Waals surface area (Å²) in [7, 11) is 0. The fourth-order valence-electron chi connectivity index (χ4n) is 1.37. The van der Waals surface area contributed by atoms with Gasteiger partial charge in [0, 0.05) is 24.9 Å². The van der Waals surface area contributed by atoms with E-state index in [1.54, 1.807) is 0 Å². The number of piperidine rings is 1. The van der Waals surface area contributed by atoms with E-state index in [9.17, 15) is 4.79 Å². The van der Waals surface area contributed by atoms with Crippen LogP contribution in [0, 0.1) is 0 Å². The van der Waals surface area contributed by atoms with Crippen molar-refractivity contribution < 1.29 is 4.79 Å². The first-order chi connectivity index (χ1) is 4.18. The Hall–Kier alpha value is -0.370. The van der Waals surface area contributed by atoms with Gasteiger partial charge in [-0.05, 0) is 13.8 Å². The SMILES string of the molecule is C[C@@H]1CC(=O)C[C@@H](C)N1. The second kappa shape index (κ2) is 2.48. The van der Waals surface area contributed by atoms with E-state index in [1.165, 1.54) is 0 Å². The molecule has 0 spiro atoms. The smallest absolute Gasteiger partial charge is 0.135 e. The summed E-state index contributed by atoms with van der Waals surface area (Å²) in [6.45, 7) is 4.10. The molecule has 1 fully saturated rings. The molecule has 2 heteroatoms. The molecule has 0 bridgehead atoms. The number of rotatable bonds is 0. The van der Waals surface area contributed by atoms with E-state index in [1.807, 2.05) is 13.8 Å². The van der Waals surface area contributed by atoms with Crippen molar-refractivity contribution in [3.63, 3.8) is 0 Å². The zero-order chi connectivity index (χ0) is 6.85. The first-order valence-electron chi connectivity index (χ1n) is 3.46. The zero-order valence-electron chi connectivity index (χ0n) is 5.98. The number of Topliss-reactive ketones (excluding diaryl/α,β-unsaturated/α-hetero) is 1. The van der Waals surface area contributed by atoms with Crippen molar-refractivity contribution in [1.82, 2.24) is 5.32 Å². The largest absolute Gasteiger partial charge is 0.311 e. The highest BCUT2D eigenvalue weighted by Crippen LogP contribution is 2.07. The Labute approximate surface area is 55.6 Å². The van der Waals surface area contributed by atoms with Crippen molar-refractivity contribution in [3.8, 4) is 0 Å². The van der Waals surface area contributed by atoms with Crippen LogP contribution in [0.2, 0.25) is 0 Å². The second-order valence-corrected chi connectivity index (χ2v) is 2.92. The van der Waals surface area contributed by atoms with Gasteiger partial charge in [0.05, 0.1) is 0 Å². The van der Waals surface area contributed by atoms with Gasteiger partial charge in [-0.25, -0.2) is 0 Å². The molecule has 0 unspecified atom stereocenters. The van der Waals surface area contributed by atoms with Crippen molar-refractivity contribution in [2.75, 3.05) is 0 Å². The summed E-state index contributed by atoms with van der Waals surface area (Å²) >= 11 is 0. The second-order valence-electron chi connectivity index (χ2n) is 2.92. The first kappa shape index (κ1) is 6.75. The molecule has 0 amide bonds. The number of hydrogen-bond acceptors (Lipinski definition) is 2. The Balaban J connectivity index is 2.43. The van der Waals surface area contributed by atoms with Crippen molar-refractivity contribution in [2.45, 2.75) is 38.8 Å². The average Bonchev–Trinajstić information content (AvgIpc) is 1.59.